The van der Waals surface area contributed by atoms with Crippen molar-refractivity contribution >= 4 is 5.97 Å². The molecule has 0 radical (unpaired) electrons. The lowest BCUT2D eigenvalue weighted by Gasteiger charge is -2.08. The summed E-state index contributed by atoms with van der Waals surface area (Å²) in [4.78, 5) is 11.7. The summed E-state index contributed by atoms with van der Waals surface area (Å²) in [6.45, 7) is 2.15. The Labute approximate surface area is 115 Å². The first kappa shape index (κ1) is 15.3. The van der Waals surface area contributed by atoms with Gasteiger partial charge in [0.2, 0.25) is 0 Å². The molecule has 0 atom stereocenters. The van der Waals surface area contributed by atoms with E-state index in [0.29, 0.717) is 17.9 Å². The molecule has 0 N–H and O–H groups in total. The van der Waals surface area contributed by atoms with Crippen LogP contribution in [0.4, 0.5) is 0 Å². The third kappa shape index (κ3) is 6.09. The highest BCUT2D eigenvalue weighted by molar-refractivity contribution is 5.73. The SMILES string of the molecule is CCCC=CCCCC(=O)Oc1ccccc1OC. The molecule has 3 nitrogen and oxygen atoms in total. The molecule has 0 aliphatic carbocycles. The van der Waals surface area contributed by atoms with Crippen LogP contribution in [0.3, 0.4) is 0 Å². The fourth-order valence-electron chi connectivity index (χ4n) is 1.64. The van der Waals surface area contributed by atoms with Gasteiger partial charge in [-0.25, -0.2) is 0 Å². The van der Waals surface area contributed by atoms with E-state index in [0.717, 1.165) is 25.7 Å². The summed E-state index contributed by atoms with van der Waals surface area (Å²) in [6, 6.07) is 7.17. The number of esters is 1. The molecular weight excluding hydrogens is 240 g/mol. The molecule has 0 aromatic heterocycles. The van der Waals surface area contributed by atoms with Crippen LogP contribution in [0, 0.1) is 0 Å². The molecule has 19 heavy (non-hydrogen) atoms. The summed E-state index contributed by atoms with van der Waals surface area (Å²) in [6.07, 6.45) is 8.70. The van der Waals surface area contributed by atoms with E-state index in [9.17, 15) is 4.79 Å². The van der Waals surface area contributed by atoms with Crippen LogP contribution in [0.15, 0.2) is 36.4 Å². The lowest BCUT2D eigenvalue weighted by Crippen LogP contribution is -2.08. The Hall–Kier alpha value is -1.77. The van der Waals surface area contributed by atoms with Crippen LogP contribution in [0.1, 0.15) is 39.0 Å². The van der Waals surface area contributed by atoms with Crippen LogP contribution in [0.5, 0.6) is 11.5 Å². The molecule has 0 spiro atoms. The fraction of sp³-hybridized carbons (Fsp3) is 0.438. The van der Waals surface area contributed by atoms with Crippen molar-refractivity contribution in [3.63, 3.8) is 0 Å². The molecule has 0 bridgehead atoms. The largest absolute Gasteiger partial charge is 0.493 e. The number of para-hydroxylation sites is 2. The highest BCUT2D eigenvalue weighted by Gasteiger charge is 2.08. The zero-order valence-corrected chi connectivity index (χ0v) is 11.7. The maximum absolute atomic E-state index is 11.7. The second kappa shape index (κ2) is 9.20. The molecule has 0 amide bonds. The quantitative estimate of drug-likeness (QED) is 0.306. The van der Waals surface area contributed by atoms with Crippen molar-refractivity contribution in [1.29, 1.82) is 0 Å². The number of carbonyl (C=O) groups is 1. The molecule has 0 fully saturated rings. The molecule has 0 heterocycles. The molecule has 1 rings (SSSR count). The first-order chi connectivity index (χ1) is 9.27. The zero-order valence-electron chi connectivity index (χ0n) is 11.7. The molecule has 1 aromatic rings. The standard InChI is InChI=1S/C16H22O3/c1-3-4-5-6-7-8-13-16(17)19-15-12-10-9-11-14(15)18-2/h5-6,9-12H,3-4,7-8,13H2,1-2H3. The summed E-state index contributed by atoms with van der Waals surface area (Å²) < 4.78 is 10.4. The van der Waals surface area contributed by atoms with Crippen molar-refractivity contribution in [3.05, 3.63) is 36.4 Å². The van der Waals surface area contributed by atoms with E-state index in [4.69, 9.17) is 9.47 Å². The normalized spacial score (nSPS) is 10.6. The van der Waals surface area contributed by atoms with Gasteiger partial charge in [-0.1, -0.05) is 37.6 Å². The summed E-state index contributed by atoms with van der Waals surface area (Å²) in [5.74, 6) is 0.851. The number of carbonyl (C=O) groups excluding carboxylic acids is 1. The Balaban J connectivity index is 2.31. The predicted octanol–water partition coefficient (Wildman–Crippen LogP) is 4.13. The number of methoxy groups -OCH3 is 1. The van der Waals surface area contributed by atoms with E-state index >= 15 is 0 Å². The van der Waals surface area contributed by atoms with E-state index in [1.165, 1.54) is 0 Å². The zero-order chi connectivity index (χ0) is 13.9. The monoisotopic (exact) mass is 262 g/mol. The minimum atomic E-state index is -0.214. The number of hydrogen-bond donors (Lipinski definition) is 0. The molecular formula is C16H22O3. The van der Waals surface area contributed by atoms with Gasteiger partial charge >= 0.3 is 5.97 Å². The summed E-state index contributed by atoms with van der Waals surface area (Å²) >= 11 is 0. The van der Waals surface area contributed by atoms with Gasteiger partial charge in [-0.2, -0.15) is 0 Å². The molecule has 0 saturated carbocycles. The number of rotatable bonds is 8. The topological polar surface area (TPSA) is 35.5 Å². The van der Waals surface area contributed by atoms with Crippen LogP contribution in [0.25, 0.3) is 0 Å². The van der Waals surface area contributed by atoms with Gasteiger partial charge in [-0.05, 0) is 31.4 Å². The van der Waals surface area contributed by atoms with Crippen molar-refractivity contribution in [2.75, 3.05) is 7.11 Å². The number of unbranched alkanes of at least 4 members (excludes halogenated alkanes) is 2. The van der Waals surface area contributed by atoms with Gasteiger partial charge in [0.25, 0.3) is 0 Å². The van der Waals surface area contributed by atoms with Gasteiger partial charge in [-0.15, -0.1) is 0 Å². The van der Waals surface area contributed by atoms with E-state index in [1.54, 1.807) is 19.2 Å². The van der Waals surface area contributed by atoms with E-state index in [-0.39, 0.29) is 5.97 Å². The van der Waals surface area contributed by atoms with Crippen molar-refractivity contribution in [1.82, 2.24) is 0 Å². The van der Waals surface area contributed by atoms with E-state index in [2.05, 4.69) is 19.1 Å². The van der Waals surface area contributed by atoms with Crippen LogP contribution < -0.4 is 9.47 Å². The molecule has 0 aliphatic heterocycles. The summed E-state index contributed by atoms with van der Waals surface area (Å²) in [7, 11) is 1.56. The lowest BCUT2D eigenvalue weighted by molar-refractivity contribution is -0.134. The minimum Gasteiger partial charge on any atom is -0.493 e. The summed E-state index contributed by atoms with van der Waals surface area (Å²) in [5, 5.41) is 0. The molecule has 1 aromatic carbocycles. The van der Waals surface area contributed by atoms with E-state index in [1.807, 2.05) is 12.1 Å². The van der Waals surface area contributed by atoms with Gasteiger partial charge in [0.1, 0.15) is 0 Å². The number of benzene rings is 1. The van der Waals surface area contributed by atoms with Gasteiger partial charge in [0.15, 0.2) is 11.5 Å². The smallest absolute Gasteiger partial charge is 0.311 e. The van der Waals surface area contributed by atoms with Crippen molar-refractivity contribution in [2.45, 2.75) is 39.0 Å². The Morgan fingerprint density at radius 2 is 1.84 bits per heavy atom. The predicted molar refractivity (Wildman–Crippen MR) is 76.5 cm³/mol. The van der Waals surface area contributed by atoms with Crippen molar-refractivity contribution in [3.8, 4) is 11.5 Å². The van der Waals surface area contributed by atoms with Gasteiger partial charge in [0.05, 0.1) is 7.11 Å². The highest BCUT2D eigenvalue weighted by atomic mass is 16.6. The lowest BCUT2D eigenvalue weighted by atomic mass is 10.2. The van der Waals surface area contributed by atoms with Crippen molar-refractivity contribution < 1.29 is 14.3 Å². The second-order valence-corrected chi connectivity index (χ2v) is 4.28. The van der Waals surface area contributed by atoms with Crippen molar-refractivity contribution in [2.24, 2.45) is 0 Å². The van der Waals surface area contributed by atoms with Gasteiger partial charge in [0, 0.05) is 6.42 Å². The van der Waals surface area contributed by atoms with Crippen LogP contribution in [-0.2, 0) is 4.79 Å². The Kier molecular flexibility index (Phi) is 7.40. The van der Waals surface area contributed by atoms with Crippen LogP contribution in [-0.4, -0.2) is 13.1 Å². The number of hydrogen-bond acceptors (Lipinski definition) is 3. The third-order valence-electron chi connectivity index (χ3n) is 2.67. The average Bonchev–Trinajstić information content (AvgIpc) is 2.43. The average molecular weight is 262 g/mol. The highest BCUT2D eigenvalue weighted by Crippen LogP contribution is 2.26. The van der Waals surface area contributed by atoms with Crippen LogP contribution in [0.2, 0.25) is 0 Å². The number of ether oxygens (including phenoxy) is 2. The van der Waals surface area contributed by atoms with Gasteiger partial charge in [-0.3, -0.25) is 4.79 Å². The maximum atomic E-state index is 11.7. The molecule has 104 valence electrons. The molecule has 0 aliphatic rings. The number of allylic oxidation sites excluding steroid dienone is 2. The Morgan fingerprint density at radius 1 is 1.16 bits per heavy atom. The molecule has 0 unspecified atom stereocenters. The minimum absolute atomic E-state index is 0.214. The molecule has 3 heteroatoms. The first-order valence-electron chi connectivity index (χ1n) is 6.76. The second-order valence-electron chi connectivity index (χ2n) is 4.28. The Bertz CT molecular complexity index is 410. The third-order valence-corrected chi connectivity index (χ3v) is 2.67. The Morgan fingerprint density at radius 3 is 2.53 bits per heavy atom. The fourth-order valence-corrected chi connectivity index (χ4v) is 1.64. The summed E-state index contributed by atoms with van der Waals surface area (Å²) in [5.41, 5.74) is 0. The van der Waals surface area contributed by atoms with Gasteiger partial charge < -0.3 is 9.47 Å². The maximum Gasteiger partial charge on any atom is 0.311 e. The molecule has 0 saturated heterocycles. The van der Waals surface area contributed by atoms with E-state index < -0.39 is 0 Å². The first-order valence-corrected chi connectivity index (χ1v) is 6.76. The van der Waals surface area contributed by atoms with Crippen LogP contribution >= 0.6 is 0 Å².